The number of nitrogens with one attached hydrogen (secondary N) is 1. The number of benzene rings is 1. The molecule has 0 aliphatic heterocycles. The van der Waals surface area contributed by atoms with Crippen LogP contribution in [0.4, 0.5) is 8.78 Å². The first-order valence-electron chi connectivity index (χ1n) is 5.41. The van der Waals surface area contributed by atoms with E-state index in [9.17, 15) is 8.78 Å². The van der Waals surface area contributed by atoms with Crippen molar-refractivity contribution in [1.29, 1.82) is 0 Å². The molecule has 0 bridgehead atoms. The number of rotatable bonds is 4. The highest BCUT2D eigenvalue weighted by atomic mass is 19.1. The average molecular weight is 250 g/mol. The number of hydrogen-bond donors (Lipinski definition) is 1. The molecule has 2 rings (SSSR count). The summed E-state index contributed by atoms with van der Waals surface area (Å²) in [5.74, 6) is -0.738. The first-order chi connectivity index (χ1) is 8.67. The Bertz CT molecular complexity index is 526. The fraction of sp³-hybridized carbons (Fsp3) is 0.154. The van der Waals surface area contributed by atoms with Gasteiger partial charge in [0.05, 0.1) is 5.69 Å². The summed E-state index contributed by atoms with van der Waals surface area (Å²) < 4.78 is 31.4. The number of ether oxygens (including phenoxy) is 1. The molecule has 94 valence electrons. The van der Waals surface area contributed by atoms with Crippen molar-refractivity contribution in [3.63, 3.8) is 0 Å². The van der Waals surface area contributed by atoms with E-state index in [2.05, 4.69) is 10.3 Å². The van der Waals surface area contributed by atoms with Crippen LogP contribution in [0, 0.1) is 11.6 Å². The van der Waals surface area contributed by atoms with E-state index in [1.807, 2.05) is 0 Å². The predicted octanol–water partition coefficient (Wildman–Crippen LogP) is 2.87. The van der Waals surface area contributed by atoms with Gasteiger partial charge >= 0.3 is 0 Å². The molecule has 0 atom stereocenters. The lowest BCUT2D eigenvalue weighted by Gasteiger charge is -2.07. The number of aromatic nitrogens is 1. The van der Waals surface area contributed by atoms with Crippen LogP contribution in [0.1, 0.15) is 5.69 Å². The second-order valence-electron chi connectivity index (χ2n) is 3.72. The highest BCUT2D eigenvalue weighted by molar-refractivity contribution is 5.32. The third-order valence-corrected chi connectivity index (χ3v) is 2.22. The van der Waals surface area contributed by atoms with Crippen molar-refractivity contribution >= 4 is 0 Å². The summed E-state index contributed by atoms with van der Waals surface area (Å²) in [4.78, 5) is 4.12. The van der Waals surface area contributed by atoms with Crippen molar-refractivity contribution in [1.82, 2.24) is 10.3 Å². The van der Waals surface area contributed by atoms with E-state index in [0.717, 1.165) is 23.9 Å². The summed E-state index contributed by atoms with van der Waals surface area (Å²) in [6.45, 7) is 0.592. The van der Waals surface area contributed by atoms with Crippen LogP contribution < -0.4 is 10.1 Å². The third-order valence-electron chi connectivity index (χ3n) is 2.22. The maximum absolute atomic E-state index is 13.0. The molecule has 1 N–H and O–H groups in total. The molecule has 1 heterocycles. The van der Waals surface area contributed by atoms with Gasteiger partial charge < -0.3 is 10.1 Å². The summed E-state index contributed by atoms with van der Waals surface area (Å²) in [6.07, 6.45) is 1.58. The molecule has 0 amide bonds. The fourth-order valence-electron chi connectivity index (χ4n) is 1.52. The number of nitrogens with zero attached hydrogens (tertiary/aromatic N) is 1. The van der Waals surface area contributed by atoms with Crippen LogP contribution in [0.25, 0.3) is 0 Å². The molecule has 0 aliphatic carbocycles. The molecule has 1 aromatic heterocycles. The van der Waals surface area contributed by atoms with Gasteiger partial charge in [-0.15, -0.1) is 0 Å². The Morgan fingerprint density at radius 1 is 1.11 bits per heavy atom. The largest absolute Gasteiger partial charge is 0.457 e. The summed E-state index contributed by atoms with van der Waals surface area (Å²) in [7, 11) is 1.80. The van der Waals surface area contributed by atoms with Crippen LogP contribution >= 0.6 is 0 Å². The number of pyridine rings is 1. The minimum absolute atomic E-state index is 0.120. The van der Waals surface area contributed by atoms with Crippen molar-refractivity contribution < 1.29 is 13.5 Å². The van der Waals surface area contributed by atoms with Gasteiger partial charge in [-0.1, -0.05) is 0 Å². The van der Waals surface area contributed by atoms with Crippen molar-refractivity contribution in [2.75, 3.05) is 7.05 Å². The SMILES string of the molecule is CNCc1cc(Oc2cc(F)cc(F)c2)ccn1. The molecule has 0 unspecified atom stereocenters. The lowest BCUT2D eigenvalue weighted by molar-refractivity contribution is 0.466. The van der Waals surface area contributed by atoms with Crippen LogP contribution in [-0.2, 0) is 6.54 Å². The van der Waals surface area contributed by atoms with Crippen molar-refractivity contribution in [2.45, 2.75) is 6.54 Å². The van der Waals surface area contributed by atoms with E-state index < -0.39 is 11.6 Å². The second kappa shape index (κ2) is 5.55. The van der Waals surface area contributed by atoms with Gasteiger partial charge in [0, 0.05) is 37.0 Å². The Morgan fingerprint density at radius 3 is 2.50 bits per heavy atom. The van der Waals surface area contributed by atoms with E-state index in [1.165, 1.54) is 0 Å². The zero-order valence-electron chi connectivity index (χ0n) is 9.78. The highest BCUT2D eigenvalue weighted by Gasteiger charge is 2.04. The second-order valence-corrected chi connectivity index (χ2v) is 3.72. The fourth-order valence-corrected chi connectivity index (χ4v) is 1.52. The highest BCUT2D eigenvalue weighted by Crippen LogP contribution is 2.23. The van der Waals surface area contributed by atoms with E-state index in [4.69, 9.17) is 4.74 Å². The Morgan fingerprint density at radius 2 is 1.83 bits per heavy atom. The number of hydrogen-bond acceptors (Lipinski definition) is 3. The molecule has 5 heteroatoms. The van der Waals surface area contributed by atoms with Gasteiger partial charge in [0.1, 0.15) is 23.1 Å². The molecule has 0 saturated heterocycles. The van der Waals surface area contributed by atoms with Crippen LogP contribution in [0.15, 0.2) is 36.5 Å². The van der Waals surface area contributed by atoms with Gasteiger partial charge in [0.2, 0.25) is 0 Å². The third kappa shape index (κ3) is 3.24. The van der Waals surface area contributed by atoms with E-state index >= 15 is 0 Å². The van der Waals surface area contributed by atoms with Crippen LogP contribution in [0.5, 0.6) is 11.5 Å². The average Bonchev–Trinajstić information content (AvgIpc) is 2.28. The predicted molar refractivity (Wildman–Crippen MR) is 63.4 cm³/mol. The van der Waals surface area contributed by atoms with Gasteiger partial charge in [-0.2, -0.15) is 0 Å². The van der Waals surface area contributed by atoms with Gasteiger partial charge in [0.25, 0.3) is 0 Å². The standard InChI is InChI=1S/C13H12F2N2O/c1-16-8-11-7-12(2-3-17-11)18-13-5-9(14)4-10(15)6-13/h2-7,16H,8H2,1H3. The normalized spacial score (nSPS) is 10.4. The first-order valence-corrected chi connectivity index (χ1v) is 5.41. The quantitative estimate of drug-likeness (QED) is 0.906. The Hall–Kier alpha value is -2.01. The van der Waals surface area contributed by atoms with Crippen molar-refractivity contribution in [3.8, 4) is 11.5 Å². The van der Waals surface area contributed by atoms with Crippen molar-refractivity contribution in [2.24, 2.45) is 0 Å². The first kappa shape index (κ1) is 12.4. The van der Waals surface area contributed by atoms with Gasteiger partial charge in [-0.3, -0.25) is 4.98 Å². The summed E-state index contributed by atoms with van der Waals surface area (Å²) in [5.41, 5.74) is 0.784. The summed E-state index contributed by atoms with van der Waals surface area (Å²) >= 11 is 0. The zero-order valence-corrected chi connectivity index (χ0v) is 9.78. The minimum Gasteiger partial charge on any atom is -0.457 e. The summed E-state index contributed by atoms with van der Waals surface area (Å²) in [5, 5.41) is 2.96. The molecule has 3 nitrogen and oxygen atoms in total. The Labute approximate surface area is 103 Å². The van der Waals surface area contributed by atoms with Crippen LogP contribution in [0.3, 0.4) is 0 Å². The van der Waals surface area contributed by atoms with E-state index in [0.29, 0.717) is 12.3 Å². The lowest BCUT2D eigenvalue weighted by atomic mass is 10.3. The van der Waals surface area contributed by atoms with E-state index in [1.54, 1.807) is 25.4 Å². The van der Waals surface area contributed by atoms with Crippen molar-refractivity contribution in [3.05, 3.63) is 53.9 Å². The molecular formula is C13H12F2N2O. The molecule has 0 fully saturated rings. The number of halogens is 2. The zero-order chi connectivity index (χ0) is 13.0. The Kier molecular flexibility index (Phi) is 3.84. The molecule has 0 saturated carbocycles. The van der Waals surface area contributed by atoms with Gasteiger partial charge in [0.15, 0.2) is 0 Å². The summed E-state index contributed by atoms with van der Waals surface area (Å²) in [6, 6.07) is 6.38. The minimum atomic E-state index is -0.672. The lowest BCUT2D eigenvalue weighted by Crippen LogP contribution is -2.06. The molecule has 0 radical (unpaired) electrons. The van der Waals surface area contributed by atoms with Crippen LogP contribution in [0.2, 0.25) is 0 Å². The molecule has 18 heavy (non-hydrogen) atoms. The maximum atomic E-state index is 13.0. The van der Waals surface area contributed by atoms with Gasteiger partial charge in [-0.25, -0.2) is 8.78 Å². The molecular weight excluding hydrogens is 238 g/mol. The van der Waals surface area contributed by atoms with Gasteiger partial charge in [-0.05, 0) is 13.1 Å². The maximum Gasteiger partial charge on any atom is 0.133 e. The molecule has 0 aliphatic rings. The molecule has 1 aromatic carbocycles. The van der Waals surface area contributed by atoms with Crippen LogP contribution in [-0.4, -0.2) is 12.0 Å². The Balaban J connectivity index is 2.20. The smallest absolute Gasteiger partial charge is 0.133 e. The molecule has 0 spiro atoms. The van der Waals surface area contributed by atoms with E-state index in [-0.39, 0.29) is 5.75 Å². The topological polar surface area (TPSA) is 34.1 Å². The molecule has 2 aromatic rings. The monoisotopic (exact) mass is 250 g/mol.